The molecular weight excluding hydrogens is 244 g/mol. The van der Waals surface area contributed by atoms with Gasteiger partial charge in [0.25, 0.3) is 0 Å². The first kappa shape index (κ1) is 14.1. The quantitative estimate of drug-likeness (QED) is 0.700. The van der Waals surface area contributed by atoms with E-state index in [-0.39, 0.29) is 5.92 Å². The van der Waals surface area contributed by atoms with Crippen molar-refractivity contribution in [2.24, 2.45) is 5.41 Å². The van der Waals surface area contributed by atoms with Gasteiger partial charge >= 0.3 is 0 Å². The number of hydrogen-bond acceptors (Lipinski definition) is 2. The molecular formula is C18H18N2. The van der Waals surface area contributed by atoms with Crippen LogP contribution in [0, 0.1) is 28.1 Å². The van der Waals surface area contributed by atoms with E-state index in [1.807, 2.05) is 36.4 Å². The van der Waals surface area contributed by atoms with Crippen LogP contribution in [0.1, 0.15) is 37.2 Å². The molecule has 1 atom stereocenters. The minimum atomic E-state index is -0.987. The topological polar surface area (TPSA) is 47.6 Å². The third-order valence-corrected chi connectivity index (χ3v) is 3.84. The predicted molar refractivity (Wildman–Crippen MR) is 79.6 cm³/mol. The lowest BCUT2D eigenvalue weighted by Gasteiger charge is -2.28. The van der Waals surface area contributed by atoms with E-state index in [0.717, 1.165) is 24.8 Å². The highest BCUT2D eigenvalue weighted by molar-refractivity contribution is 5.32. The Balaban J connectivity index is 2.45. The molecule has 0 radical (unpaired) electrons. The number of hydrogen-bond donors (Lipinski definition) is 0. The lowest BCUT2D eigenvalue weighted by molar-refractivity contribution is 0.414. The Bertz CT molecular complexity index is 556. The van der Waals surface area contributed by atoms with E-state index in [2.05, 4.69) is 30.4 Å². The van der Waals surface area contributed by atoms with Crippen molar-refractivity contribution < 1.29 is 0 Å². The molecule has 2 rings (SSSR count). The lowest BCUT2D eigenvalue weighted by Crippen LogP contribution is -2.25. The monoisotopic (exact) mass is 262 g/mol. The SMILES string of the molecule is N#CC1(C#N)C/C=C/CC/C=C/CC1c1ccccc1. The summed E-state index contributed by atoms with van der Waals surface area (Å²) < 4.78 is 0. The first-order valence-corrected chi connectivity index (χ1v) is 7.00. The molecule has 0 amide bonds. The first-order chi connectivity index (χ1) is 9.82. The van der Waals surface area contributed by atoms with Gasteiger partial charge in [-0.15, -0.1) is 0 Å². The Morgan fingerprint density at radius 2 is 1.55 bits per heavy atom. The first-order valence-electron chi connectivity index (χ1n) is 7.00. The molecule has 0 aliphatic heterocycles. The van der Waals surface area contributed by atoms with Crippen molar-refractivity contribution in [3.63, 3.8) is 0 Å². The molecule has 1 unspecified atom stereocenters. The fourth-order valence-electron chi connectivity index (χ4n) is 2.65. The minimum absolute atomic E-state index is 0.0855. The number of allylic oxidation sites excluding steroid dienone is 4. The van der Waals surface area contributed by atoms with Crippen molar-refractivity contribution >= 4 is 0 Å². The summed E-state index contributed by atoms with van der Waals surface area (Å²) in [5.41, 5.74) is 0.0775. The second-order valence-corrected chi connectivity index (χ2v) is 5.12. The normalized spacial score (nSPS) is 24.8. The maximum atomic E-state index is 9.62. The molecule has 0 saturated heterocycles. The van der Waals surface area contributed by atoms with Crippen molar-refractivity contribution in [3.05, 3.63) is 60.2 Å². The molecule has 1 aliphatic carbocycles. The average molecular weight is 262 g/mol. The van der Waals surface area contributed by atoms with E-state index in [0.29, 0.717) is 6.42 Å². The largest absolute Gasteiger partial charge is 0.197 e. The highest BCUT2D eigenvalue weighted by atomic mass is 14.5. The van der Waals surface area contributed by atoms with Crippen molar-refractivity contribution in [1.29, 1.82) is 10.5 Å². The van der Waals surface area contributed by atoms with Crippen molar-refractivity contribution in [2.45, 2.75) is 31.6 Å². The molecule has 1 aromatic carbocycles. The van der Waals surface area contributed by atoms with Gasteiger partial charge < -0.3 is 0 Å². The average Bonchev–Trinajstić information content (AvgIpc) is 2.52. The molecule has 100 valence electrons. The van der Waals surface area contributed by atoms with Gasteiger partial charge in [0.1, 0.15) is 0 Å². The summed E-state index contributed by atoms with van der Waals surface area (Å²) in [6, 6.07) is 14.5. The van der Waals surface area contributed by atoms with Crippen LogP contribution in [0.5, 0.6) is 0 Å². The van der Waals surface area contributed by atoms with Crippen molar-refractivity contribution in [2.75, 3.05) is 0 Å². The van der Waals surface area contributed by atoms with Crippen molar-refractivity contribution in [3.8, 4) is 12.1 Å². The van der Waals surface area contributed by atoms with Crippen LogP contribution in [0.25, 0.3) is 0 Å². The van der Waals surface area contributed by atoms with Gasteiger partial charge in [-0.3, -0.25) is 0 Å². The van der Waals surface area contributed by atoms with Gasteiger partial charge in [-0.05, 0) is 31.2 Å². The molecule has 20 heavy (non-hydrogen) atoms. The molecule has 0 spiro atoms. The number of nitriles is 2. The van der Waals surface area contributed by atoms with Crippen LogP contribution in [0.3, 0.4) is 0 Å². The minimum Gasteiger partial charge on any atom is -0.197 e. The predicted octanol–water partition coefficient (Wildman–Crippen LogP) is 4.49. The van der Waals surface area contributed by atoms with Gasteiger partial charge in [-0.2, -0.15) is 10.5 Å². The van der Waals surface area contributed by atoms with Crippen molar-refractivity contribution in [1.82, 2.24) is 0 Å². The maximum Gasteiger partial charge on any atom is 0.154 e. The van der Waals surface area contributed by atoms with Crippen LogP contribution >= 0.6 is 0 Å². The van der Waals surface area contributed by atoms with E-state index in [9.17, 15) is 10.5 Å². The van der Waals surface area contributed by atoms with Crippen LogP contribution < -0.4 is 0 Å². The summed E-state index contributed by atoms with van der Waals surface area (Å²) in [4.78, 5) is 0. The Morgan fingerprint density at radius 3 is 2.20 bits per heavy atom. The second-order valence-electron chi connectivity index (χ2n) is 5.12. The summed E-state index contributed by atoms with van der Waals surface area (Å²) in [5.74, 6) is -0.0855. The van der Waals surface area contributed by atoms with E-state index in [1.54, 1.807) is 0 Å². The van der Waals surface area contributed by atoms with Gasteiger partial charge in [0.05, 0.1) is 12.1 Å². The van der Waals surface area contributed by atoms with Gasteiger partial charge in [0.2, 0.25) is 0 Å². The Kier molecular flexibility index (Phi) is 4.75. The van der Waals surface area contributed by atoms with Crippen LogP contribution in [-0.4, -0.2) is 0 Å². The maximum absolute atomic E-state index is 9.62. The second kappa shape index (κ2) is 6.73. The van der Waals surface area contributed by atoms with Crippen LogP contribution in [0.4, 0.5) is 0 Å². The van der Waals surface area contributed by atoms with E-state index in [4.69, 9.17) is 0 Å². The smallest absolute Gasteiger partial charge is 0.154 e. The van der Waals surface area contributed by atoms with Crippen LogP contribution in [0.2, 0.25) is 0 Å². The van der Waals surface area contributed by atoms with Crippen LogP contribution in [-0.2, 0) is 0 Å². The molecule has 0 aromatic heterocycles. The van der Waals surface area contributed by atoms with E-state index < -0.39 is 5.41 Å². The highest BCUT2D eigenvalue weighted by Crippen LogP contribution is 2.41. The molecule has 0 fully saturated rings. The number of benzene rings is 1. The molecule has 1 aromatic rings. The summed E-state index contributed by atoms with van der Waals surface area (Å²) in [6.45, 7) is 0. The Morgan fingerprint density at radius 1 is 0.900 bits per heavy atom. The highest BCUT2D eigenvalue weighted by Gasteiger charge is 2.39. The molecule has 2 heteroatoms. The molecule has 0 saturated carbocycles. The zero-order valence-corrected chi connectivity index (χ0v) is 11.5. The summed E-state index contributed by atoms with van der Waals surface area (Å²) in [5, 5.41) is 19.2. The summed E-state index contributed by atoms with van der Waals surface area (Å²) in [7, 11) is 0. The summed E-state index contributed by atoms with van der Waals surface area (Å²) in [6.07, 6.45) is 11.5. The standard InChI is InChI=1S/C18H18N2/c19-14-18(15-20)13-9-4-2-1-3-8-12-17(18)16-10-6-5-7-11-16/h3-11,17H,1-2,12-13H2/b8-3+,9-4+. The molecule has 1 aliphatic rings. The summed E-state index contributed by atoms with van der Waals surface area (Å²) >= 11 is 0. The van der Waals surface area contributed by atoms with Gasteiger partial charge in [0.15, 0.2) is 5.41 Å². The molecule has 0 bridgehead atoms. The molecule has 0 heterocycles. The number of rotatable bonds is 1. The zero-order chi connectivity index (χ0) is 14.3. The van der Waals surface area contributed by atoms with E-state index >= 15 is 0 Å². The Hall–Kier alpha value is -2.32. The third kappa shape index (κ3) is 2.98. The van der Waals surface area contributed by atoms with Crippen LogP contribution in [0.15, 0.2) is 54.6 Å². The zero-order valence-electron chi connectivity index (χ0n) is 11.5. The van der Waals surface area contributed by atoms with Gasteiger partial charge in [0, 0.05) is 5.92 Å². The van der Waals surface area contributed by atoms with E-state index in [1.165, 1.54) is 0 Å². The third-order valence-electron chi connectivity index (χ3n) is 3.84. The Labute approximate surface area is 120 Å². The van der Waals surface area contributed by atoms with Gasteiger partial charge in [-0.25, -0.2) is 0 Å². The molecule has 0 N–H and O–H groups in total. The number of nitrogens with zero attached hydrogens (tertiary/aromatic N) is 2. The lowest BCUT2D eigenvalue weighted by atomic mass is 9.70. The fourth-order valence-corrected chi connectivity index (χ4v) is 2.65. The fraction of sp³-hybridized carbons (Fsp3) is 0.333. The molecule has 2 nitrogen and oxygen atoms in total. The van der Waals surface area contributed by atoms with Gasteiger partial charge in [-0.1, -0.05) is 54.6 Å².